The summed E-state index contributed by atoms with van der Waals surface area (Å²) >= 11 is 0. The topological polar surface area (TPSA) is 92.8 Å². The van der Waals surface area contributed by atoms with Gasteiger partial charge < -0.3 is 20.7 Å². The van der Waals surface area contributed by atoms with E-state index in [-0.39, 0.29) is 36.9 Å². The summed E-state index contributed by atoms with van der Waals surface area (Å²) in [6.07, 6.45) is 0.222. The highest BCUT2D eigenvalue weighted by atomic mass is 35.5. The summed E-state index contributed by atoms with van der Waals surface area (Å²) in [5, 5.41) is 18.5. The van der Waals surface area contributed by atoms with Gasteiger partial charge in [0.1, 0.15) is 5.54 Å². The van der Waals surface area contributed by atoms with Gasteiger partial charge in [-0.05, 0) is 31.5 Å². The average Bonchev–Trinajstić information content (AvgIpc) is 2.23. The first-order valence-electron chi connectivity index (χ1n) is 5.34. The van der Waals surface area contributed by atoms with Crippen molar-refractivity contribution < 1.29 is 19.7 Å². The smallest absolute Gasteiger partial charge is 0.326 e. The minimum absolute atomic E-state index is 0. The Balaban J connectivity index is 0.00000289. The molecule has 1 atom stereocenters. The van der Waals surface area contributed by atoms with E-state index in [1.807, 2.05) is 0 Å². The van der Waals surface area contributed by atoms with E-state index in [4.69, 9.17) is 15.6 Å². The molecule has 18 heavy (non-hydrogen) atoms. The third-order valence-electron chi connectivity index (χ3n) is 2.35. The predicted molar refractivity (Wildman–Crippen MR) is 69.9 cm³/mol. The number of benzene rings is 1. The van der Waals surface area contributed by atoms with Gasteiger partial charge in [-0.2, -0.15) is 0 Å². The summed E-state index contributed by atoms with van der Waals surface area (Å²) in [5.41, 5.74) is 5.35. The van der Waals surface area contributed by atoms with Crippen LogP contribution in [0.4, 0.5) is 0 Å². The fourth-order valence-corrected chi connectivity index (χ4v) is 1.47. The maximum Gasteiger partial charge on any atom is 0.326 e. The number of carbonyl (C=O) groups is 1. The number of phenols is 2. The van der Waals surface area contributed by atoms with Crippen molar-refractivity contribution >= 4 is 18.4 Å². The third-order valence-corrected chi connectivity index (χ3v) is 2.35. The molecular formula is C12H18ClNO4. The highest BCUT2D eigenvalue weighted by Crippen LogP contribution is 2.26. The fraction of sp³-hybridized carbons (Fsp3) is 0.417. The highest BCUT2D eigenvalue weighted by Gasteiger charge is 2.30. The summed E-state index contributed by atoms with van der Waals surface area (Å²) in [6.45, 7) is 3.54. The van der Waals surface area contributed by atoms with Crippen LogP contribution in [0, 0.1) is 0 Å². The van der Waals surface area contributed by atoms with E-state index in [0.717, 1.165) is 0 Å². The lowest BCUT2D eigenvalue weighted by molar-refractivity contribution is -0.148. The summed E-state index contributed by atoms with van der Waals surface area (Å²) < 4.78 is 4.86. The van der Waals surface area contributed by atoms with E-state index in [2.05, 4.69) is 0 Å². The molecule has 0 radical (unpaired) electrons. The SMILES string of the molecule is CCOC(=O)[C@@](C)(N)Cc1ccc(O)c(O)c1.Cl. The maximum absolute atomic E-state index is 11.6. The Morgan fingerprint density at radius 3 is 2.50 bits per heavy atom. The molecule has 1 rings (SSSR count). The molecule has 0 aliphatic rings. The fourth-order valence-electron chi connectivity index (χ4n) is 1.47. The van der Waals surface area contributed by atoms with Crippen LogP contribution >= 0.6 is 12.4 Å². The quantitative estimate of drug-likeness (QED) is 0.570. The number of hydrogen-bond donors (Lipinski definition) is 3. The lowest BCUT2D eigenvalue weighted by Crippen LogP contribution is -2.48. The molecule has 4 N–H and O–H groups in total. The van der Waals surface area contributed by atoms with Gasteiger partial charge in [0, 0.05) is 6.42 Å². The van der Waals surface area contributed by atoms with Crippen LogP contribution in [-0.2, 0) is 16.0 Å². The number of rotatable bonds is 4. The van der Waals surface area contributed by atoms with Gasteiger partial charge in [-0.3, -0.25) is 4.79 Å². The Hall–Kier alpha value is -1.46. The van der Waals surface area contributed by atoms with Crippen molar-refractivity contribution in [2.24, 2.45) is 5.73 Å². The van der Waals surface area contributed by atoms with Crippen LogP contribution in [0.15, 0.2) is 18.2 Å². The van der Waals surface area contributed by atoms with Gasteiger partial charge in [0.25, 0.3) is 0 Å². The van der Waals surface area contributed by atoms with Crippen molar-refractivity contribution in [1.29, 1.82) is 0 Å². The van der Waals surface area contributed by atoms with Crippen molar-refractivity contribution in [3.05, 3.63) is 23.8 Å². The van der Waals surface area contributed by atoms with Gasteiger partial charge in [0.15, 0.2) is 11.5 Å². The zero-order valence-electron chi connectivity index (χ0n) is 10.3. The molecule has 1 aromatic carbocycles. The molecule has 6 heteroatoms. The number of halogens is 1. The molecule has 0 heterocycles. The van der Waals surface area contributed by atoms with Crippen molar-refractivity contribution in [2.75, 3.05) is 6.61 Å². The van der Waals surface area contributed by atoms with Crippen LogP contribution in [0.5, 0.6) is 11.5 Å². The standard InChI is InChI=1S/C12H17NO4.ClH/c1-3-17-11(16)12(2,13)7-8-4-5-9(14)10(15)6-8;/h4-6,14-15H,3,7,13H2,1-2H3;1H/t12-;/m0./s1. The molecule has 0 fully saturated rings. The molecule has 5 nitrogen and oxygen atoms in total. The average molecular weight is 276 g/mol. The molecule has 1 aromatic rings. The molecule has 0 unspecified atom stereocenters. The van der Waals surface area contributed by atoms with E-state index < -0.39 is 11.5 Å². The predicted octanol–water partition coefficient (Wildman–Crippen LogP) is 1.34. The van der Waals surface area contributed by atoms with Crippen LogP contribution in [0.2, 0.25) is 0 Å². The van der Waals surface area contributed by atoms with Crippen molar-refractivity contribution in [1.82, 2.24) is 0 Å². The van der Waals surface area contributed by atoms with Crippen molar-refractivity contribution in [3.8, 4) is 11.5 Å². The second-order valence-electron chi connectivity index (χ2n) is 4.14. The summed E-state index contributed by atoms with van der Waals surface area (Å²) in [7, 11) is 0. The lowest BCUT2D eigenvalue weighted by Gasteiger charge is -2.22. The number of phenolic OH excluding ortho intramolecular Hbond substituents is 2. The minimum atomic E-state index is -1.15. The number of aromatic hydroxyl groups is 2. The van der Waals surface area contributed by atoms with E-state index in [0.29, 0.717) is 5.56 Å². The van der Waals surface area contributed by atoms with E-state index in [9.17, 15) is 9.90 Å². The second-order valence-corrected chi connectivity index (χ2v) is 4.14. The lowest BCUT2D eigenvalue weighted by atomic mass is 9.94. The first-order chi connectivity index (χ1) is 7.86. The summed E-state index contributed by atoms with van der Waals surface area (Å²) in [5.74, 6) is -0.932. The van der Waals surface area contributed by atoms with Gasteiger partial charge in [-0.1, -0.05) is 6.07 Å². The first kappa shape index (κ1) is 16.5. The van der Waals surface area contributed by atoms with Gasteiger partial charge in [0.05, 0.1) is 6.61 Å². The Morgan fingerprint density at radius 2 is 2.00 bits per heavy atom. The van der Waals surface area contributed by atoms with Crippen LogP contribution in [0.25, 0.3) is 0 Å². The molecule has 0 aromatic heterocycles. The Kier molecular flexibility index (Phi) is 5.94. The number of nitrogens with two attached hydrogens (primary N) is 1. The Bertz CT molecular complexity index is 421. The monoisotopic (exact) mass is 275 g/mol. The van der Waals surface area contributed by atoms with Crippen molar-refractivity contribution in [2.45, 2.75) is 25.8 Å². The van der Waals surface area contributed by atoms with Gasteiger partial charge >= 0.3 is 5.97 Å². The molecule has 0 aliphatic heterocycles. The highest BCUT2D eigenvalue weighted by molar-refractivity contribution is 5.85. The van der Waals surface area contributed by atoms with Gasteiger partial charge in [0.2, 0.25) is 0 Å². The molecule has 0 spiro atoms. The molecule has 0 amide bonds. The van der Waals surface area contributed by atoms with Crippen LogP contribution < -0.4 is 5.73 Å². The van der Waals surface area contributed by atoms with E-state index in [1.165, 1.54) is 12.1 Å². The molecule has 0 bridgehead atoms. The number of hydrogen-bond acceptors (Lipinski definition) is 5. The largest absolute Gasteiger partial charge is 0.504 e. The van der Waals surface area contributed by atoms with Crippen LogP contribution in [0.1, 0.15) is 19.4 Å². The minimum Gasteiger partial charge on any atom is -0.504 e. The molecule has 0 saturated heterocycles. The van der Waals surface area contributed by atoms with E-state index in [1.54, 1.807) is 19.9 Å². The maximum atomic E-state index is 11.6. The molecule has 0 saturated carbocycles. The normalized spacial score (nSPS) is 13.3. The number of ether oxygens (including phenoxy) is 1. The first-order valence-corrected chi connectivity index (χ1v) is 5.34. The number of esters is 1. The van der Waals surface area contributed by atoms with Gasteiger partial charge in [-0.15, -0.1) is 12.4 Å². The second kappa shape index (κ2) is 6.47. The third kappa shape index (κ3) is 4.09. The zero-order chi connectivity index (χ0) is 13.1. The van der Waals surface area contributed by atoms with Crippen molar-refractivity contribution in [3.63, 3.8) is 0 Å². The molecule has 0 aliphatic carbocycles. The van der Waals surface area contributed by atoms with Crippen LogP contribution in [-0.4, -0.2) is 28.3 Å². The Labute approximate surface area is 112 Å². The molecule has 102 valence electrons. The molecular weight excluding hydrogens is 258 g/mol. The summed E-state index contributed by atoms with van der Waals surface area (Å²) in [4.78, 5) is 11.6. The zero-order valence-corrected chi connectivity index (χ0v) is 11.2. The van der Waals surface area contributed by atoms with Gasteiger partial charge in [-0.25, -0.2) is 0 Å². The summed E-state index contributed by atoms with van der Waals surface area (Å²) in [6, 6.07) is 4.32. The number of carbonyl (C=O) groups excluding carboxylic acids is 1. The Morgan fingerprint density at radius 1 is 1.39 bits per heavy atom. The van der Waals surface area contributed by atoms with Crippen LogP contribution in [0.3, 0.4) is 0 Å². The van der Waals surface area contributed by atoms with E-state index >= 15 is 0 Å².